The second kappa shape index (κ2) is 8.38. The minimum atomic E-state index is -0.419. The quantitative estimate of drug-likeness (QED) is 0.788. The molecule has 2 amide bonds. The van der Waals surface area contributed by atoms with Crippen molar-refractivity contribution >= 4 is 24.2 Å². The number of hydrogen-bond acceptors (Lipinski definition) is 3. The molecular weight excluding hydrogens is 266 g/mol. The van der Waals surface area contributed by atoms with Gasteiger partial charge in [-0.15, -0.1) is 12.4 Å². The van der Waals surface area contributed by atoms with Crippen molar-refractivity contribution in [3.8, 4) is 0 Å². The molecule has 19 heavy (non-hydrogen) atoms. The minimum Gasteiger partial charge on any atom is -0.370 e. The van der Waals surface area contributed by atoms with E-state index in [0.29, 0.717) is 25.3 Å². The van der Waals surface area contributed by atoms with Crippen molar-refractivity contribution < 1.29 is 9.59 Å². The number of hydrogen-bond donors (Lipinski definition) is 2. The zero-order valence-corrected chi connectivity index (χ0v) is 12.6. The number of primary amides is 1. The van der Waals surface area contributed by atoms with E-state index >= 15 is 0 Å². The van der Waals surface area contributed by atoms with E-state index < -0.39 is 6.04 Å². The molecule has 4 N–H and O–H groups in total. The van der Waals surface area contributed by atoms with Gasteiger partial charge in [-0.05, 0) is 31.1 Å². The molecule has 1 heterocycles. The van der Waals surface area contributed by atoms with Crippen molar-refractivity contribution in [3.05, 3.63) is 0 Å². The van der Waals surface area contributed by atoms with Crippen molar-refractivity contribution in [2.45, 2.75) is 45.6 Å². The Kier molecular flexibility index (Phi) is 8.02. The lowest BCUT2D eigenvalue weighted by Gasteiger charge is -2.34. The Bertz CT molecular complexity index is 310. The molecule has 0 aliphatic carbocycles. The summed E-state index contributed by atoms with van der Waals surface area (Å²) in [6.07, 6.45) is 2.96. The number of nitrogens with zero attached hydrogens (tertiary/aromatic N) is 1. The molecule has 0 saturated carbocycles. The summed E-state index contributed by atoms with van der Waals surface area (Å²) in [6, 6.07) is -0.419. The van der Waals surface area contributed by atoms with E-state index in [4.69, 9.17) is 11.5 Å². The molecule has 1 aliphatic rings. The molecule has 5 nitrogen and oxygen atoms in total. The number of nitrogens with two attached hydrogens (primary N) is 2. The first-order valence-corrected chi connectivity index (χ1v) is 6.72. The highest BCUT2D eigenvalue weighted by atomic mass is 35.5. The van der Waals surface area contributed by atoms with Gasteiger partial charge in [0.2, 0.25) is 11.8 Å². The smallest absolute Gasteiger partial charge is 0.239 e. The van der Waals surface area contributed by atoms with Crippen LogP contribution in [-0.4, -0.2) is 35.8 Å². The molecule has 0 aromatic carbocycles. The maximum atomic E-state index is 12.1. The summed E-state index contributed by atoms with van der Waals surface area (Å²) in [6.45, 7) is 5.48. The monoisotopic (exact) mass is 291 g/mol. The zero-order valence-electron chi connectivity index (χ0n) is 11.8. The minimum absolute atomic E-state index is 0. The van der Waals surface area contributed by atoms with Crippen LogP contribution in [0.4, 0.5) is 0 Å². The van der Waals surface area contributed by atoms with E-state index in [1.54, 1.807) is 4.90 Å². The van der Waals surface area contributed by atoms with Crippen LogP contribution in [0.1, 0.15) is 39.5 Å². The van der Waals surface area contributed by atoms with Crippen LogP contribution >= 0.6 is 12.4 Å². The fourth-order valence-electron chi connectivity index (χ4n) is 2.56. The highest BCUT2D eigenvalue weighted by molar-refractivity contribution is 5.85. The van der Waals surface area contributed by atoms with Gasteiger partial charge in [-0.3, -0.25) is 9.59 Å². The molecule has 112 valence electrons. The second-order valence-corrected chi connectivity index (χ2v) is 5.70. The van der Waals surface area contributed by atoms with Crippen molar-refractivity contribution in [1.29, 1.82) is 0 Å². The average molecular weight is 292 g/mol. The van der Waals surface area contributed by atoms with Crippen LogP contribution in [0.25, 0.3) is 0 Å². The van der Waals surface area contributed by atoms with E-state index in [9.17, 15) is 9.59 Å². The lowest BCUT2D eigenvalue weighted by Crippen LogP contribution is -2.48. The number of amides is 2. The highest BCUT2D eigenvalue weighted by Crippen LogP contribution is 2.20. The normalized spacial score (nSPS) is 20.8. The van der Waals surface area contributed by atoms with E-state index in [0.717, 1.165) is 19.4 Å². The molecule has 1 unspecified atom stereocenters. The number of rotatable bonds is 5. The van der Waals surface area contributed by atoms with Gasteiger partial charge in [-0.25, -0.2) is 0 Å². The summed E-state index contributed by atoms with van der Waals surface area (Å²) in [5, 5.41) is 0. The fraction of sp³-hybridized carbons (Fsp3) is 0.846. The molecule has 0 aromatic heterocycles. The summed E-state index contributed by atoms with van der Waals surface area (Å²) in [5.74, 6) is 0.334. The number of carbonyl (C=O) groups excluding carboxylic acids is 2. The third-order valence-corrected chi connectivity index (χ3v) is 3.36. The third kappa shape index (κ3) is 6.25. The predicted octanol–water partition coefficient (Wildman–Crippen LogP) is 0.896. The Morgan fingerprint density at radius 2 is 2.00 bits per heavy atom. The second-order valence-electron chi connectivity index (χ2n) is 5.70. The predicted molar refractivity (Wildman–Crippen MR) is 77.8 cm³/mol. The van der Waals surface area contributed by atoms with Crippen molar-refractivity contribution in [3.63, 3.8) is 0 Å². The molecule has 1 rings (SSSR count). The summed E-state index contributed by atoms with van der Waals surface area (Å²) >= 11 is 0. The van der Waals surface area contributed by atoms with Crippen LogP contribution in [0.15, 0.2) is 0 Å². The Balaban J connectivity index is 0.00000324. The maximum absolute atomic E-state index is 12.1. The molecule has 1 aliphatic heterocycles. The van der Waals surface area contributed by atoms with Gasteiger partial charge in [-0.2, -0.15) is 0 Å². The molecule has 0 bridgehead atoms. The van der Waals surface area contributed by atoms with Gasteiger partial charge >= 0.3 is 0 Å². The van der Waals surface area contributed by atoms with Gasteiger partial charge < -0.3 is 16.4 Å². The van der Waals surface area contributed by atoms with E-state index in [1.807, 2.05) is 0 Å². The zero-order chi connectivity index (χ0) is 13.7. The lowest BCUT2D eigenvalue weighted by atomic mass is 9.93. The Morgan fingerprint density at radius 1 is 1.37 bits per heavy atom. The van der Waals surface area contributed by atoms with Crippen LogP contribution in [-0.2, 0) is 9.59 Å². The van der Waals surface area contributed by atoms with Gasteiger partial charge in [0.25, 0.3) is 0 Å². The summed E-state index contributed by atoms with van der Waals surface area (Å²) in [7, 11) is 0. The standard InChI is InChI=1S/C13H25N3O2.ClH/c1-9(2)6-11(14)13(18)16-5-3-4-10(8-16)7-12(15)17;/h9-11H,3-8,14H2,1-2H3,(H2,15,17);1H/t10?,11-;/m0./s1. The molecular formula is C13H26ClN3O2. The van der Waals surface area contributed by atoms with Gasteiger partial charge in [0, 0.05) is 19.5 Å². The lowest BCUT2D eigenvalue weighted by molar-refractivity contribution is -0.135. The summed E-state index contributed by atoms with van der Waals surface area (Å²) in [4.78, 5) is 24.9. The highest BCUT2D eigenvalue weighted by Gasteiger charge is 2.27. The average Bonchev–Trinajstić information content (AvgIpc) is 2.26. The Labute approximate surface area is 121 Å². The molecule has 0 aromatic rings. The number of piperidine rings is 1. The van der Waals surface area contributed by atoms with Crippen LogP contribution in [0.5, 0.6) is 0 Å². The molecule has 0 spiro atoms. The third-order valence-electron chi connectivity index (χ3n) is 3.36. The first-order chi connectivity index (χ1) is 8.40. The van der Waals surface area contributed by atoms with Crippen LogP contribution < -0.4 is 11.5 Å². The molecule has 1 fully saturated rings. The molecule has 6 heteroatoms. The first kappa shape index (κ1) is 18.2. The molecule has 2 atom stereocenters. The van der Waals surface area contributed by atoms with Gasteiger partial charge in [0.15, 0.2) is 0 Å². The molecule has 0 radical (unpaired) electrons. The van der Waals surface area contributed by atoms with Gasteiger partial charge in [0.1, 0.15) is 0 Å². The SMILES string of the molecule is CC(C)C[C@H](N)C(=O)N1CCCC(CC(N)=O)C1.Cl. The van der Waals surface area contributed by atoms with Crippen LogP contribution in [0.2, 0.25) is 0 Å². The van der Waals surface area contributed by atoms with Crippen LogP contribution in [0.3, 0.4) is 0 Å². The Hall–Kier alpha value is -0.810. The van der Waals surface area contributed by atoms with Gasteiger partial charge in [0.05, 0.1) is 6.04 Å². The number of halogens is 1. The van der Waals surface area contributed by atoms with Crippen molar-refractivity contribution in [2.24, 2.45) is 23.3 Å². The largest absolute Gasteiger partial charge is 0.370 e. The summed E-state index contributed by atoms with van der Waals surface area (Å²) < 4.78 is 0. The number of carbonyl (C=O) groups is 2. The van der Waals surface area contributed by atoms with Crippen molar-refractivity contribution in [1.82, 2.24) is 4.90 Å². The molecule has 1 saturated heterocycles. The summed E-state index contributed by atoms with van der Waals surface area (Å²) in [5.41, 5.74) is 11.1. The van der Waals surface area contributed by atoms with E-state index in [2.05, 4.69) is 13.8 Å². The van der Waals surface area contributed by atoms with E-state index in [-0.39, 0.29) is 30.1 Å². The topological polar surface area (TPSA) is 89.4 Å². The van der Waals surface area contributed by atoms with Crippen LogP contribution in [0, 0.1) is 11.8 Å². The van der Waals surface area contributed by atoms with Gasteiger partial charge in [-0.1, -0.05) is 13.8 Å². The fourth-order valence-corrected chi connectivity index (χ4v) is 2.56. The van der Waals surface area contributed by atoms with Crippen molar-refractivity contribution in [2.75, 3.05) is 13.1 Å². The first-order valence-electron chi connectivity index (χ1n) is 6.72. The Morgan fingerprint density at radius 3 is 2.53 bits per heavy atom. The van der Waals surface area contributed by atoms with E-state index in [1.165, 1.54) is 0 Å². The number of likely N-dealkylation sites (tertiary alicyclic amines) is 1. The maximum Gasteiger partial charge on any atom is 0.239 e.